The molecule has 106 valence electrons. The number of amides is 1. The molecule has 0 aliphatic carbocycles. The minimum absolute atomic E-state index is 0.00787. The van der Waals surface area contributed by atoms with E-state index in [0.717, 1.165) is 10.6 Å². The highest BCUT2D eigenvalue weighted by Crippen LogP contribution is 2.15. The molecule has 0 aliphatic heterocycles. The summed E-state index contributed by atoms with van der Waals surface area (Å²) < 4.78 is 5.47. The van der Waals surface area contributed by atoms with Crippen LogP contribution in [0.2, 0.25) is 0 Å². The fourth-order valence-corrected chi connectivity index (χ4v) is 2.51. The maximum atomic E-state index is 11.7. The number of hydrogen-bond donors (Lipinski definition) is 2. The standard InChI is InChI=1S/C15H18N2O2S/c1-11-2-7-14(20-11)10-17-15(18)8-9-19-13-5-3-12(16)4-6-13/h2-7H,8-10,16H2,1H3,(H,17,18). The number of carbonyl (C=O) groups is 1. The zero-order chi connectivity index (χ0) is 14.4. The van der Waals surface area contributed by atoms with E-state index in [2.05, 4.69) is 18.3 Å². The van der Waals surface area contributed by atoms with Gasteiger partial charge in [-0.05, 0) is 43.3 Å². The van der Waals surface area contributed by atoms with Crippen LogP contribution in [0.3, 0.4) is 0 Å². The van der Waals surface area contributed by atoms with Crippen LogP contribution in [0.25, 0.3) is 0 Å². The number of carbonyl (C=O) groups excluding carboxylic acids is 1. The van der Waals surface area contributed by atoms with Crippen LogP contribution in [-0.4, -0.2) is 12.5 Å². The predicted octanol–water partition coefficient (Wildman–Crippen LogP) is 2.72. The summed E-state index contributed by atoms with van der Waals surface area (Å²) in [5.74, 6) is 0.715. The van der Waals surface area contributed by atoms with Gasteiger partial charge < -0.3 is 15.8 Å². The average molecular weight is 290 g/mol. The summed E-state index contributed by atoms with van der Waals surface area (Å²) in [6.45, 7) is 2.99. The molecule has 1 aromatic carbocycles. The smallest absolute Gasteiger partial charge is 0.223 e. The third kappa shape index (κ3) is 4.59. The molecule has 4 nitrogen and oxygen atoms in total. The fourth-order valence-electron chi connectivity index (χ4n) is 1.68. The lowest BCUT2D eigenvalue weighted by Crippen LogP contribution is -2.24. The molecule has 0 unspecified atom stereocenters. The molecular formula is C15H18N2O2S. The highest BCUT2D eigenvalue weighted by atomic mass is 32.1. The number of ether oxygens (including phenoxy) is 1. The molecule has 2 rings (SSSR count). The quantitative estimate of drug-likeness (QED) is 0.804. The van der Waals surface area contributed by atoms with Crippen LogP contribution in [-0.2, 0) is 11.3 Å². The van der Waals surface area contributed by atoms with E-state index in [1.54, 1.807) is 35.6 Å². The molecule has 0 fully saturated rings. The Morgan fingerprint density at radius 3 is 2.65 bits per heavy atom. The van der Waals surface area contributed by atoms with Crippen molar-refractivity contribution in [1.29, 1.82) is 0 Å². The van der Waals surface area contributed by atoms with Crippen molar-refractivity contribution in [2.24, 2.45) is 0 Å². The van der Waals surface area contributed by atoms with Gasteiger partial charge in [-0.15, -0.1) is 11.3 Å². The first-order valence-corrected chi connectivity index (χ1v) is 7.25. The van der Waals surface area contributed by atoms with E-state index in [-0.39, 0.29) is 5.91 Å². The number of anilines is 1. The Bertz CT molecular complexity index is 564. The number of nitrogens with one attached hydrogen (secondary N) is 1. The van der Waals surface area contributed by atoms with E-state index in [1.165, 1.54) is 4.88 Å². The van der Waals surface area contributed by atoms with Gasteiger partial charge in [0.2, 0.25) is 5.91 Å². The van der Waals surface area contributed by atoms with Crippen LogP contribution in [0.4, 0.5) is 5.69 Å². The summed E-state index contributed by atoms with van der Waals surface area (Å²) in [5, 5.41) is 2.88. The third-order valence-electron chi connectivity index (χ3n) is 2.73. The van der Waals surface area contributed by atoms with Crippen LogP contribution in [0.15, 0.2) is 36.4 Å². The minimum atomic E-state index is -0.00787. The summed E-state index contributed by atoms with van der Waals surface area (Å²) >= 11 is 1.69. The van der Waals surface area contributed by atoms with Crippen molar-refractivity contribution < 1.29 is 9.53 Å². The van der Waals surface area contributed by atoms with Crippen LogP contribution >= 0.6 is 11.3 Å². The summed E-state index contributed by atoms with van der Waals surface area (Å²) in [7, 11) is 0. The molecule has 20 heavy (non-hydrogen) atoms. The Morgan fingerprint density at radius 2 is 2.00 bits per heavy atom. The second kappa shape index (κ2) is 6.96. The van der Waals surface area contributed by atoms with E-state index in [0.29, 0.717) is 25.3 Å². The van der Waals surface area contributed by atoms with Crippen molar-refractivity contribution in [2.45, 2.75) is 19.9 Å². The predicted molar refractivity (Wildman–Crippen MR) is 81.9 cm³/mol. The maximum absolute atomic E-state index is 11.7. The van der Waals surface area contributed by atoms with Crippen molar-refractivity contribution in [1.82, 2.24) is 5.32 Å². The van der Waals surface area contributed by atoms with Gasteiger partial charge in [0.25, 0.3) is 0 Å². The molecule has 0 radical (unpaired) electrons. The highest BCUT2D eigenvalue weighted by Gasteiger charge is 2.03. The summed E-state index contributed by atoms with van der Waals surface area (Å²) in [4.78, 5) is 14.1. The number of aryl methyl sites for hydroxylation is 1. The molecule has 1 aromatic heterocycles. The SMILES string of the molecule is Cc1ccc(CNC(=O)CCOc2ccc(N)cc2)s1. The molecule has 0 saturated heterocycles. The van der Waals surface area contributed by atoms with Crippen LogP contribution in [0.5, 0.6) is 5.75 Å². The van der Waals surface area contributed by atoms with Crippen molar-refractivity contribution >= 4 is 22.9 Å². The topological polar surface area (TPSA) is 64.3 Å². The van der Waals surface area contributed by atoms with Crippen molar-refractivity contribution in [3.8, 4) is 5.75 Å². The van der Waals surface area contributed by atoms with Gasteiger partial charge in [-0.25, -0.2) is 0 Å². The fraction of sp³-hybridized carbons (Fsp3) is 0.267. The molecule has 0 bridgehead atoms. The van der Waals surface area contributed by atoms with Crippen molar-refractivity contribution in [2.75, 3.05) is 12.3 Å². The van der Waals surface area contributed by atoms with E-state index < -0.39 is 0 Å². The van der Waals surface area contributed by atoms with Gasteiger partial charge >= 0.3 is 0 Å². The van der Waals surface area contributed by atoms with E-state index in [9.17, 15) is 4.79 Å². The second-order valence-corrected chi connectivity index (χ2v) is 5.83. The molecule has 5 heteroatoms. The number of benzene rings is 1. The van der Waals surface area contributed by atoms with Gasteiger partial charge in [0, 0.05) is 15.4 Å². The molecule has 0 aliphatic rings. The third-order valence-corrected chi connectivity index (χ3v) is 3.73. The number of rotatable bonds is 6. The molecule has 0 spiro atoms. The second-order valence-electron chi connectivity index (χ2n) is 4.46. The van der Waals surface area contributed by atoms with Crippen molar-refractivity contribution in [3.63, 3.8) is 0 Å². The Hall–Kier alpha value is -2.01. The molecule has 1 heterocycles. The molecule has 2 aromatic rings. The lowest BCUT2D eigenvalue weighted by molar-refractivity contribution is -0.121. The summed E-state index contributed by atoms with van der Waals surface area (Å²) in [6.07, 6.45) is 0.342. The lowest BCUT2D eigenvalue weighted by atomic mass is 10.3. The lowest BCUT2D eigenvalue weighted by Gasteiger charge is -2.07. The first-order valence-electron chi connectivity index (χ1n) is 6.44. The zero-order valence-electron chi connectivity index (χ0n) is 11.4. The molecule has 3 N–H and O–H groups in total. The van der Waals surface area contributed by atoms with Crippen molar-refractivity contribution in [3.05, 3.63) is 46.2 Å². The largest absolute Gasteiger partial charge is 0.493 e. The van der Waals surface area contributed by atoms with Gasteiger partial charge in [0.15, 0.2) is 0 Å². The molecule has 0 atom stereocenters. The van der Waals surface area contributed by atoms with Crippen LogP contribution in [0.1, 0.15) is 16.2 Å². The zero-order valence-corrected chi connectivity index (χ0v) is 12.2. The Labute approximate surface area is 122 Å². The van der Waals surface area contributed by atoms with E-state index in [1.807, 2.05) is 6.07 Å². The molecule has 0 saturated carbocycles. The minimum Gasteiger partial charge on any atom is -0.493 e. The van der Waals surface area contributed by atoms with Gasteiger partial charge in [-0.2, -0.15) is 0 Å². The highest BCUT2D eigenvalue weighted by molar-refractivity contribution is 7.11. The van der Waals surface area contributed by atoms with Gasteiger partial charge in [-0.1, -0.05) is 0 Å². The van der Waals surface area contributed by atoms with Gasteiger partial charge in [-0.3, -0.25) is 4.79 Å². The van der Waals surface area contributed by atoms with Gasteiger partial charge in [0.1, 0.15) is 5.75 Å². The first-order chi connectivity index (χ1) is 9.63. The van der Waals surface area contributed by atoms with Crippen LogP contribution < -0.4 is 15.8 Å². The summed E-state index contributed by atoms with van der Waals surface area (Å²) in [6, 6.07) is 11.2. The Morgan fingerprint density at radius 1 is 1.25 bits per heavy atom. The Balaban J connectivity index is 1.66. The number of thiophene rings is 1. The number of hydrogen-bond acceptors (Lipinski definition) is 4. The van der Waals surface area contributed by atoms with Crippen LogP contribution in [0, 0.1) is 6.92 Å². The number of nitrogen functional groups attached to an aromatic ring is 1. The number of nitrogens with two attached hydrogens (primary N) is 1. The normalized spacial score (nSPS) is 10.2. The maximum Gasteiger partial charge on any atom is 0.223 e. The molecular weight excluding hydrogens is 272 g/mol. The first kappa shape index (κ1) is 14.4. The molecule has 1 amide bonds. The van der Waals surface area contributed by atoms with Gasteiger partial charge in [0.05, 0.1) is 19.6 Å². The Kier molecular flexibility index (Phi) is 5.01. The monoisotopic (exact) mass is 290 g/mol. The van der Waals surface area contributed by atoms with E-state index in [4.69, 9.17) is 10.5 Å². The average Bonchev–Trinajstić information content (AvgIpc) is 2.85. The summed E-state index contributed by atoms with van der Waals surface area (Å²) in [5.41, 5.74) is 6.28. The van der Waals surface area contributed by atoms with E-state index >= 15 is 0 Å².